The van der Waals surface area contributed by atoms with Crippen LogP contribution in [0.4, 0.5) is 0 Å². The van der Waals surface area contributed by atoms with Gasteiger partial charge in [0.25, 0.3) is 0 Å². The minimum absolute atomic E-state index is 0.959. The lowest BCUT2D eigenvalue weighted by molar-refractivity contribution is 0.589. The molecule has 0 amide bonds. The van der Waals surface area contributed by atoms with E-state index >= 15 is 0 Å². The Balaban J connectivity index is 2.71. The van der Waals surface area contributed by atoms with Crippen molar-refractivity contribution in [2.45, 2.75) is 27.7 Å². The quantitative estimate of drug-likeness (QED) is 0.660. The van der Waals surface area contributed by atoms with Crippen molar-refractivity contribution in [1.29, 1.82) is 0 Å². The second-order valence-corrected chi connectivity index (χ2v) is 7.44. The molecule has 1 heterocycles. The molecule has 0 spiro atoms. The highest BCUT2D eigenvalue weighted by Gasteiger charge is 2.36. The van der Waals surface area contributed by atoms with Gasteiger partial charge in [0.15, 0.2) is 7.14 Å². The molecule has 1 nitrogen and oxygen atoms in total. The summed E-state index contributed by atoms with van der Waals surface area (Å²) in [4.78, 5) is 0. The monoisotopic (exact) mass is 232 g/mol. The largest absolute Gasteiger partial charge is 0.309 e. The zero-order valence-corrected chi connectivity index (χ0v) is 11.1. The van der Waals surface area contributed by atoms with Crippen LogP contribution in [0.5, 0.6) is 0 Å². The Hall–Kier alpha value is -1.07. The van der Waals surface area contributed by atoms with E-state index in [1.54, 1.807) is 0 Å². The summed E-state index contributed by atoms with van der Waals surface area (Å²) in [6, 6.07) is 9.82. The highest BCUT2D eigenvalue weighted by molar-refractivity contribution is 7.79. The van der Waals surface area contributed by atoms with E-state index in [9.17, 15) is 4.57 Å². The smallest absolute Gasteiger partial charge is 0.163 e. The first-order valence-corrected chi connectivity index (χ1v) is 7.22. The fraction of sp³-hybridized carbons (Fsp3) is 0.286. The van der Waals surface area contributed by atoms with Crippen LogP contribution in [0.15, 0.2) is 52.1 Å². The van der Waals surface area contributed by atoms with E-state index < -0.39 is 7.14 Å². The lowest BCUT2D eigenvalue weighted by Gasteiger charge is -2.16. The predicted molar refractivity (Wildman–Crippen MR) is 70.4 cm³/mol. The molecule has 0 atom stereocenters. The van der Waals surface area contributed by atoms with E-state index in [0.717, 1.165) is 15.9 Å². The molecule has 0 aliphatic carbocycles. The van der Waals surface area contributed by atoms with E-state index in [-0.39, 0.29) is 0 Å². The predicted octanol–water partition coefficient (Wildman–Crippen LogP) is 4.28. The molecule has 1 aromatic rings. The van der Waals surface area contributed by atoms with Gasteiger partial charge in [0.2, 0.25) is 0 Å². The van der Waals surface area contributed by atoms with E-state index in [0.29, 0.717) is 0 Å². The molecule has 0 aromatic heterocycles. The third-order valence-electron chi connectivity index (χ3n) is 3.71. The highest BCUT2D eigenvalue weighted by Crippen LogP contribution is 2.66. The van der Waals surface area contributed by atoms with E-state index in [1.165, 1.54) is 11.1 Å². The molecule has 84 valence electrons. The van der Waals surface area contributed by atoms with Gasteiger partial charge in [-0.1, -0.05) is 30.3 Å². The molecule has 2 heteroatoms. The molecule has 16 heavy (non-hydrogen) atoms. The molecule has 0 radical (unpaired) electrons. The maximum atomic E-state index is 13.2. The molecular formula is C14H17OP. The molecule has 1 aliphatic rings. The van der Waals surface area contributed by atoms with Crippen molar-refractivity contribution < 1.29 is 4.57 Å². The van der Waals surface area contributed by atoms with E-state index in [1.807, 2.05) is 44.2 Å². The Labute approximate surface area is 97.3 Å². The fourth-order valence-electron chi connectivity index (χ4n) is 2.29. The molecule has 1 aliphatic heterocycles. The van der Waals surface area contributed by atoms with Crippen LogP contribution in [0.2, 0.25) is 0 Å². The first-order chi connectivity index (χ1) is 7.49. The number of hydrogen-bond acceptors (Lipinski definition) is 1. The maximum Gasteiger partial charge on any atom is 0.163 e. The van der Waals surface area contributed by atoms with Crippen LogP contribution in [-0.4, -0.2) is 0 Å². The molecule has 0 N–H and O–H groups in total. The average molecular weight is 232 g/mol. The van der Waals surface area contributed by atoms with Crippen LogP contribution >= 0.6 is 7.14 Å². The van der Waals surface area contributed by atoms with Crippen LogP contribution in [-0.2, 0) is 4.57 Å². The molecule has 0 fully saturated rings. The summed E-state index contributed by atoms with van der Waals surface area (Å²) in [5, 5.41) is 3.06. The SMILES string of the molecule is CC1=C(C)P(=O)(c2ccccc2)C(C)=C1C. The molecule has 2 rings (SSSR count). The van der Waals surface area contributed by atoms with Crippen LogP contribution in [0.25, 0.3) is 0 Å². The van der Waals surface area contributed by atoms with Gasteiger partial charge in [-0.25, -0.2) is 0 Å². The Morgan fingerprint density at radius 1 is 0.812 bits per heavy atom. The van der Waals surface area contributed by atoms with Gasteiger partial charge in [-0.15, -0.1) is 0 Å². The van der Waals surface area contributed by atoms with Crippen molar-refractivity contribution in [3.05, 3.63) is 52.1 Å². The van der Waals surface area contributed by atoms with Crippen molar-refractivity contribution in [2.75, 3.05) is 0 Å². The number of rotatable bonds is 1. The summed E-state index contributed by atoms with van der Waals surface area (Å²) in [5.41, 5.74) is 2.40. The van der Waals surface area contributed by atoms with Crippen LogP contribution < -0.4 is 5.30 Å². The van der Waals surface area contributed by atoms with Crippen molar-refractivity contribution in [2.24, 2.45) is 0 Å². The van der Waals surface area contributed by atoms with Gasteiger partial charge in [-0.05, 0) is 49.5 Å². The van der Waals surface area contributed by atoms with Crippen molar-refractivity contribution in [3.8, 4) is 0 Å². The normalized spacial score (nSPS) is 19.5. The molecule has 1 aromatic carbocycles. The summed E-state index contributed by atoms with van der Waals surface area (Å²) in [5.74, 6) is 0. The lowest BCUT2D eigenvalue weighted by atomic mass is 10.1. The summed E-state index contributed by atoms with van der Waals surface area (Å²) in [6.07, 6.45) is 0. The second-order valence-electron chi connectivity index (χ2n) is 4.37. The fourth-order valence-corrected chi connectivity index (χ4v) is 5.44. The lowest BCUT2D eigenvalue weighted by Crippen LogP contribution is -2.04. The first-order valence-electron chi connectivity index (χ1n) is 5.51. The molecule has 0 unspecified atom stereocenters. The summed E-state index contributed by atoms with van der Waals surface area (Å²) in [7, 11) is -2.46. The van der Waals surface area contributed by atoms with Crippen LogP contribution in [0, 0.1) is 0 Å². The van der Waals surface area contributed by atoms with Gasteiger partial charge in [-0.2, -0.15) is 0 Å². The topological polar surface area (TPSA) is 17.1 Å². The van der Waals surface area contributed by atoms with Gasteiger partial charge in [0, 0.05) is 5.30 Å². The number of benzene rings is 1. The number of hydrogen-bond donors (Lipinski definition) is 0. The Bertz CT molecular complexity index is 507. The summed E-state index contributed by atoms with van der Waals surface area (Å²) < 4.78 is 13.2. The Kier molecular flexibility index (Phi) is 2.67. The minimum atomic E-state index is -2.46. The van der Waals surface area contributed by atoms with Gasteiger partial charge in [0.1, 0.15) is 0 Å². The zero-order valence-electron chi connectivity index (χ0n) is 10.2. The maximum absolute atomic E-state index is 13.2. The van der Waals surface area contributed by atoms with Crippen LogP contribution in [0.1, 0.15) is 27.7 Å². The van der Waals surface area contributed by atoms with Crippen LogP contribution in [0.3, 0.4) is 0 Å². The Morgan fingerprint density at radius 2 is 1.25 bits per heavy atom. The molecule has 0 saturated carbocycles. The summed E-state index contributed by atoms with van der Waals surface area (Å²) in [6.45, 7) is 8.14. The number of allylic oxidation sites excluding steroid dienone is 4. The third-order valence-corrected chi connectivity index (χ3v) is 7.30. The van der Waals surface area contributed by atoms with E-state index in [4.69, 9.17) is 0 Å². The zero-order chi connectivity index (χ0) is 11.9. The van der Waals surface area contributed by atoms with Crippen molar-refractivity contribution in [1.82, 2.24) is 0 Å². The van der Waals surface area contributed by atoms with Crippen molar-refractivity contribution in [3.63, 3.8) is 0 Å². The van der Waals surface area contributed by atoms with Gasteiger partial charge < -0.3 is 4.57 Å². The molecule has 0 bridgehead atoms. The minimum Gasteiger partial charge on any atom is -0.309 e. The van der Waals surface area contributed by atoms with Gasteiger partial charge in [-0.3, -0.25) is 0 Å². The highest BCUT2D eigenvalue weighted by atomic mass is 31.2. The molecule has 0 saturated heterocycles. The Morgan fingerprint density at radius 3 is 1.69 bits per heavy atom. The van der Waals surface area contributed by atoms with E-state index in [2.05, 4.69) is 13.8 Å². The van der Waals surface area contributed by atoms with Gasteiger partial charge >= 0.3 is 0 Å². The summed E-state index contributed by atoms with van der Waals surface area (Å²) >= 11 is 0. The van der Waals surface area contributed by atoms with Gasteiger partial charge in [0.05, 0.1) is 0 Å². The van der Waals surface area contributed by atoms with Crippen molar-refractivity contribution >= 4 is 12.4 Å². The first kappa shape index (κ1) is 11.4. The second kappa shape index (κ2) is 3.75. The standard InChI is InChI=1S/C14H17OP/c1-10-11(2)13(4)16(15,12(10)3)14-8-6-5-7-9-14/h5-9H,1-4H3. The molecular weight excluding hydrogens is 215 g/mol. The average Bonchev–Trinajstić information content (AvgIpc) is 2.47. The third kappa shape index (κ3) is 1.35.